The van der Waals surface area contributed by atoms with Gasteiger partial charge in [-0.05, 0) is 40.2 Å². The minimum absolute atomic E-state index is 0.598. The summed E-state index contributed by atoms with van der Waals surface area (Å²) < 4.78 is 0. The van der Waals surface area contributed by atoms with Crippen molar-refractivity contribution in [3.63, 3.8) is 0 Å². The summed E-state index contributed by atoms with van der Waals surface area (Å²) >= 11 is 0. The highest BCUT2D eigenvalue weighted by Gasteiger charge is 2.06. The molecule has 0 rings (SSSR count). The molecular weight excluding hydrogens is 182 g/mol. The highest BCUT2D eigenvalue weighted by Crippen LogP contribution is 2.19. The van der Waals surface area contributed by atoms with Crippen molar-refractivity contribution in [2.24, 2.45) is 0 Å². The minimum atomic E-state index is 0.598. The lowest BCUT2D eigenvalue weighted by Gasteiger charge is -2.10. The van der Waals surface area contributed by atoms with Gasteiger partial charge < -0.3 is 5.41 Å². The number of rotatable bonds is 4. The van der Waals surface area contributed by atoms with Gasteiger partial charge in [-0.25, -0.2) is 0 Å². The van der Waals surface area contributed by atoms with Crippen LogP contribution in [0.1, 0.15) is 34.6 Å². The number of nitrogens with one attached hydrogen (secondary N) is 1. The van der Waals surface area contributed by atoms with Gasteiger partial charge in [0, 0.05) is 11.3 Å². The second kappa shape index (κ2) is 6.18. The van der Waals surface area contributed by atoms with E-state index in [1.54, 1.807) is 0 Å². The second-order valence-corrected chi connectivity index (χ2v) is 3.95. The van der Waals surface area contributed by atoms with Gasteiger partial charge in [0.15, 0.2) is 0 Å². The van der Waals surface area contributed by atoms with Crippen LogP contribution in [0.5, 0.6) is 0 Å². The molecule has 82 valence electrons. The molecule has 0 radical (unpaired) electrons. The summed E-state index contributed by atoms with van der Waals surface area (Å²) in [5.74, 6) is 0. The van der Waals surface area contributed by atoms with Crippen molar-refractivity contribution >= 4 is 5.71 Å². The molecule has 0 aliphatic rings. The molecule has 0 aromatic carbocycles. The van der Waals surface area contributed by atoms with Crippen molar-refractivity contribution in [3.8, 4) is 0 Å². The topological polar surface area (TPSA) is 23.9 Å². The standard InChI is InChI=1S/C14H21N/c1-7-8-13(9-10(2)3)14(11(4)5)12(6)15/h7-9,15H,2H2,1,3-6H3/b8-7?,13-9-,15-12?. The fourth-order valence-corrected chi connectivity index (χ4v) is 1.53. The fourth-order valence-electron chi connectivity index (χ4n) is 1.53. The molecule has 0 saturated carbocycles. The van der Waals surface area contributed by atoms with Crippen molar-refractivity contribution in [2.45, 2.75) is 34.6 Å². The maximum atomic E-state index is 7.77. The third kappa shape index (κ3) is 4.59. The first-order chi connectivity index (χ1) is 6.90. The first-order valence-corrected chi connectivity index (χ1v) is 5.13. The number of hydrogen-bond donors (Lipinski definition) is 1. The molecule has 0 unspecified atom stereocenters. The summed E-state index contributed by atoms with van der Waals surface area (Å²) in [6.45, 7) is 13.7. The van der Waals surface area contributed by atoms with Crippen LogP contribution in [0, 0.1) is 5.41 Å². The summed E-state index contributed by atoms with van der Waals surface area (Å²) in [5.41, 5.74) is 4.84. The van der Waals surface area contributed by atoms with Gasteiger partial charge in [-0.15, -0.1) is 0 Å². The maximum absolute atomic E-state index is 7.77. The zero-order valence-electron chi connectivity index (χ0n) is 10.4. The molecular formula is C14H21N. The lowest BCUT2D eigenvalue weighted by molar-refractivity contribution is 1.30. The van der Waals surface area contributed by atoms with Crippen LogP contribution < -0.4 is 0 Å². The summed E-state index contributed by atoms with van der Waals surface area (Å²) in [5, 5.41) is 7.77. The summed E-state index contributed by atoms with van der Waals surface area (Å²) in [6, 6.07) is 0. The average molecular weight is 203 g/mol. The molecule has 0 aromatic heterocycles. The van der Waals surface area contributed by atoms with Crippen LogP contribution >= 0.6 is 0 Å². The SMILES string of the molecule is C=C(C)/C=C(/C=CC)C(C(C)=N)=C(C)C. The third-order valence-corrected chi connectivity index (χ3v) is 1.91. The molecule has 0 spiro atoms. The molecule has 1 N–H and O–H groups in total. The second-order valence-electron chi connectivity index (χ2n) is 3.95. The minimum Gasteiger partial charge on any atom is -0.305 e. The Bertz CT molecular complexity index is 348. The first-order valence-electron chi connectivity index (χ1n) is 5.13. The van der Waals surface area contributed by atoms with Crippen molar-refractivity contribution < 1.29 is 0 Å². The lowest BCUT2D eigenvalue weighted by Crippen LogP contribution is -2.00. The van der Waals surface area contributed by atoms with E-state index in [1.807, 2.05) is 52.8 Å². The van der Waals surface area contributed by atoms with Gasteiger partial charge in [-0.2, -0.15) is 0 Å². The molecule has 0 saturated heterocycles. The molecule has 0 atom stereocenters. The summed E-state index contributed by atoms with van der Waals surface area (Å²) in [4.78, 5) is 0. The zero-order valence-corrected chi connectivity index (χ0v) is 10.4. The van der Waals surface area contributed by atoms with Gasteiger partial charge >= 0.3 is 0 Å². The molecule has 0 bridgehead atoms. The molecule has 1 heteroatoms. The zero-order chi connectivity index (χ0) is 12.0. The Morgan fingerprint density at radius 3 is 1.93 bits per heavy atom. The average Bonchev–Trinajstić information content (AvgIpc) is 2.01. The van der Waals surface area contributed by atoms with E-state index < -0.39 is 0 Å². The number of hydrogen-bond acceptors (Lipinski definition) is 1. The highest BCUT2D eigenvalue weighted by atomic mass is 14.4. The Labute approximate surface area is 93.4 Å². The molecule has 0 aliphatic carbocycles. The molecule has 1 nitrogen and oxygen atoms in total. The van der Waals surface area contributed by atoms with Crippen LogP contribution in [0.3, 0.4) is 0 Å². The molecule has 0 fully saturated rings. The van der Waals surface area contributed by atoms with Crippen molar-refractivity contribution in [1.29, 1.82) is 5.41 Å². The smallest absolute Gasteiger partial charge is 0.0360 e. The van der Waals surface area contributed by atoms with Crippen molar-refractivity contribution in [3.05, 3.63) is 47.1 Å². The van der Waals surface area contributed by atoms with E-state index in [2.05, 4.69) is 6.58 Å². The van der Waals surface area contributed by atoms with Crippen LogP contribution in [0.4, 0.5) is 0 Å². The van der Waals surface area contributed by atoms with Gasteiger partial charge in [-0.1, -0.05) is 36.0 Å². The van der Waals surface area contributed by atoms with Crippen LogP contribution in [-0.4, -0.2) is 5.71 Å². The quantitative estimate of drug-likeness (QED) is 0.516. The van der Waals surface area contributed by atoms with E-state index in [0.29, 0.717) is 5.71 Å². The van der Waals surface area contributed by atoms with Crippen molar-refractivity contribution in [2.75, 3.05) is 0 Å². The van der Waals surface area contributed by atoms with E-state index in [0.717, 1.165) is 22.3 Å². The van der Waals surface area contributed by atoms with Gasteiger partial charge in [0.2, 0.25) is 0 Å². The normalized spacial score (nSPS) is 11.7. The molecule has 15 heavy (non-hydrogen) atoms. The van der Waals surface area contributed by atoms with Gasteiger partial charge in [-0.3, -0.25) is 0 Å². The Morgan fingerprint density at radius 1 is 1.13 bits per heavy atom. The Balaban J connectivity index is 5.52. The number of allylic oxidation sites excluding steroid dienone is 7. The predicted octanol–water partition coefficient (Wildman–Crippen LogP) is 4.44. The maximum Gasteiger partial charge on any atom is 0.0360 e. The van der Waals surface area contributed by atoms with Crippen molar-refractivity contribution in [1.82, 2.24) is 0 Å². The first kappa shape index (κ1) is 13.6. The molecule has 0 aliphatic heterocycles. The van der Waals surface area contributed by atoms with E-state index in [-0.39, 0.29) is 0 Å². The monoisotopic (exact) mass is 203 g/mol. The summed E-state index contributed by atoms with van der Waals surface area (Å²) in [7, 11) is 0. The van der Waals surface area contributed by atoms with Crippen LogP contribution in [0.25, 0.3) is 0 Å². The molecule has 0 heterocycles. The van der Waals surface area contributed by atoms with Gasteiger partial charge in [0.05, 0.1) is 0 Å². The highest BCUT2D eigenvalue weighted by molar-refractivity contribution is 6.01. The Hall–Kier alpha value is -1.37. The molecule has 0 amide bonds. The predicted molar refractivity (Wildman–Crippen MR) is 69.5 cm³/mol. The van der Waals surface area contributed by atoms with Gasteiger partial charge in [0.25, 0.3) is 0 Å². The van der Waals surface area contributed by atoms with Crippen LogP contribution in [0.2, 0.25) is 0 Å². The van der Waals surface area contributed by atoms with E-state index in [9.17, 15) is 0 Å². The van der Waals surface area contributed by atoms with E-state index in [4.69, 9.17) is 5.41 Å². The fraction of sp³-hybridized carbons (Fsp3) is 0.357. The van der Waals surface area contributed by atoms with E-state index in [1.165, 1.54) is 0 Å². The Morgan fingerprint density at radius 2 is 1.67 bits per heavy atom. The summed E-state index contributed by atoms with van der Waals surface area (Å²) in [6.07, 6.45) is 6.02. The third-order valence-electron chi connectivity index (χ3n) is 1.91. The largest absolute Gasteiger partial charge is 0.305 e. The molecule has 0 aromatic rings. The van der Waals surface area contributed by atoms with Gasteiger partial charge in [0.1, 0.15) is 0 Å². The van der Waals surface area contributed by atoms with E-state index >= 15 is 0 Å². The van der Waals surface area contributed by atoms with Crippen LogP contribution in [0.15, 0.2) is 47.1 Å². The lowest BCUT2D eigenvalue weighted by atomic mass is 9.95. The Kier molecular flexibility index (Phi) is 5.61. The van der Waals surface area contributed by atoms with Crippen LogP contribution in [-0.2, 0) is 0 Å².